The molecule has 0 unspecified atom stereocenters. The molecule has 0 amide bonds. The van der Waals surface area contributed by atoms with E-state index in [4.69, 9.17) is 56.8 Å². The Labute approximate surface area is 582 Å². The molecular formula is C69H102O32. The first kappa shape index (κ1) is 78.0. The predicted molar refractivity (Wildman–Crippen MR) is 339 cm³/mol. The van der Waals surface area contributed by atoms with Crippen molar-refractivity contribution in [3.63, 3.8) is 0 Å². The number of carboxylic acids is 1. The minimum absolute atomic E-state index is 0.0180. The van der Waals surface area contributed by atoms with Gasteiger partial charge in [-0.25, -0.2) is 4.79 Å². The van der Waals surface area contributed by atoms with E-state index in [1.165, 1.54) is 34.0 Å². The van der Waals surface area contributed by atoms with Crippen LogP contribution in [0.1, 0.15) is 105 Å². The van der Waals surface area contributed by atoms with Gasteiger partial charge in [0, 0.05) is 11.5 Å². The predicted octanol–water partition coefficient (Wildman–Crippen LogP) is -3.27. The van der Waals surface area contributed by atoms with Gasteiger partial charge in [-0.2, -0.15) is 0 Å². The molecule has 5 heterocycles. The third kappa shape index (κ3) is 13.4. The van der Waals surface area contributed by atoms with Gasteiger partial charge in [0.2, 0.25) is 6.29 Å². The molecule has 32 nitrogen and oxygen atoms in total. The van der Waals surface area contributed by atoms with Gasteiger partial charge in [-0.1, -0.05) is 51.5 Å². The average Bonchev–Trinajstić information content (AvgIpc) is 0.667. The summed E-state index contributed by atoms with van der Waals surface area (Å²) in [7, 11) is 1.47. The second-order valence-electron chi connectivity index (χ2n) is 31.1. The molecule has 17 N–H and O–H groups in total. The van der Waals surface area contributed by atoms with E-state index in [1.807, 2.05) is 33.8 Å². The van der Waals surface area contributed by atoms with E-state index in [2.05, 4.69) is 0 Å². The van der Waals surface area contributed by atoms with Crippen molar-refractivity contribution in [3.8, 4) is 5.75 Å². The monoisotopic (exact) mass is 1440 g/mol. The maximum Gasteiger partial charge on any atom is 0.331 e. The van der Waals surface area contributed by atoms with Crippen LogP contribution in [-0.4, -0.2) is 304 Å². The number of ether oxygens (including phenoxy) is 12. The molecule has 0 bridgehead atoms. The number of benzene rings is 1. The van der Waals surface area contributed by atoms with Gasteiger partial charge in [0.1, 0.15) is 109 Å². The third-order valence-corrected chi connectivity index (χ3v) is 24.8. The number of carboxylic acid groups (broad SMARTS) is 1. The fourth-order valence-electron chi connectivity index (χ4n) is 19.2. The van der Waals surface area contributed by atoms with Gasteiger partial charge >= 0.3 is 17.9 Å². The van der Waals surface area contributed by atoms with Gasteiger partial charge in [-0.3, -0.25) is 9.59 Å². The van der Waals surface area contributed by atoms with Gasteiger partial charge in [-0.05, 0) is 130 Å². The molecule has 32 heteroatoms. The lowest BCUT2D eigenvalue weighted by Gasteiger charge is -2.71. The number of esters is 2. The Morgan fingerprint density at radius 3 is 1.74 bits per heavy atom. The smallest absolute Gasteiger partial charge is 0.331 e. The molecule has 0 radical (unpaired) electrons. The Bertz CT molecular complexity index is 3140. The zero-order valence-electron chi connectivity index (χ0n) is 57.6. The Hall–Kier alpha value is -4.09. The van der Waals surface area contributed by atoms with Crippen LogP contribution in [0.2, 0.25) is 0 Å². The largest absolute Gasteiger partial charge is 0.497 e. The van der Waals surface area contributed by atoms with Gasteiger partial charge < -0.3 is 144 Å². The van der Waals surface area contributed by atoms with Gasteiger partial charge in [0.25, 0.3) is 0 Å². The molecule has 9 fully saturated rings. The van der Waals surface area contributed by atoms with Crippen molar-refractivity contribution >= 4 is 24.0 Å². The number of hydrogen-bond acceptors (Lipinski definition) is 31. The Morgan fingerprint density at radius 1 is 0.574 bits per heavy atom. The first-order valence-electron chi connectivity index (χ1n) is 34.7. The van der Waals surface area contributed by atoms with E-state index >= 15 is 4.79 Å². The van der Waals surface area contributed by atoms with Crippen molar-refractivity contribution in [3.05, 3.63) is 47.6 Å². The molecular weight excluding hydrogens is 1340 g/mol. The van der Waals surface area contributed by atoms with Crippen molar-refractivity contribution < 1.29 is 158 Å². The maximum absolute atomic E-state index is 16.3. The van der Waals surface area contributed by atoms with E-state index < -0.39 is 260 Å². The second kappa shape index (κ2) is 29.6. The number of allylic oxidation sites excluding steroid dienone is 1. The van der Waals surface area contributed by atoms with Crippen molar-refractivity contribution in [1.82, 2.24) is 0 Å². The van der Waals surface area contributed by atoms with Crippen LogP contribution in [0.4, 0.5) is 0 Å². The molecule has 1 aromatic carbocycles. The number of aliphatic hydroxyl groups is 16. The summed E-state index contributed by atoms with van der Waals surface area (Å²) >= 11 is 0. The van der Waals surface area contributed by atoms with Crippen LogP contribution in [0.3, 0.4) is 0 Å². The summed E-state index contributed by atoms with van der Waals surface area (Å²) in [4.78, 5) is 44.5. The minimum atomic E-state index is -2.17. The lowest BCUT2D eigenvalue weighted by atomic mass is 9.33. The highest BCUT2D eigenvalue weighted by Crippen LogP contribution is 2.76. The highest BCUT2D eigenvalue weighted by molar-refractivity contribution is 5.87. The summed E-state index contributed by atoms with van der Waals surface area (Å²) in [5.41, 5.74) is -6.55. The number of methoxy groups -OCH3 is 1. The number of aliphatic hydroxyl groups excluding tert-OH is 16. The highest BCUT2D eigenvalue weighted by atomic mass is 16.8. The Morgan fingerprint density at radius 2 is 1.14 bits per heavy atom. The zero-order chi connectivity index (χ0) is 73.7. The molecule has 0 aromatic heterocycles. The van der Waals surface area contributed by atoms with Crippen LogP contribution in [0.5, 0.6) is 5.75 Å². The molecule has 0 spiro atoms. The summed E-state index contributed by atoms with van der Waals surface area (Å²) in [5, 5.41) is 191. The molecule has 10 aliphatic rings. The normalized spacial score (nSPS) is 49.8. The fourth-order valence-corrected chi connectivity index (χ4v) is 19.2. The Kier molecular flexibility index (Phi) is 22.8. The second-order valence-corrected chi connectivity index (χ2v) is 31.1. The SMILES string of the molecule is COc1ccc(/C=C\C(=O)O[C@@H]2[C@H](O[C@@H]3O[C@H](CO)[C@@H](O)[C@H](O)[C@H]3O)[C@@H](O[C@@H]3O[C@@H](C)[C@H](O[C@@H]4OC[C@@H](O)[C@H](O)[C@H]4O)[C@@H](O)[C@H]3O)[C@H](OC(=O)[C@@]34CC[C@]5(CO)C(=CC[C@@H]6[C@@]7(C)C[C@H](O)[C@H](O[C@@H]8O[C@H](CO)[C@@H](O)[C@H](O)[C@H]8O)[C@@](C)(C(=O)O)[C@@H]7CC[C@]65C)[C@@H]3CC(C)(C)C[C@H]4O)O[C@@H]2C)cc1. The maximum atomic E-state index is 16.3. The number of fused-ring (bicyclic) bond motifs is 7. The quantitative estimate of drug-likeness (QED) is 0.0297. The van der Waals surface area contributed by atoms with E-state index in [0.717, 1.165) is 6.08 Å². The first-order valence-corrected chi connectivity index (χ1v) is 34.7. The molecule has 4 saturated carbocycles. The number of hydrogen-bond donors (Lipinski definition) is 17. The lowest BCUT2D eigenvalue weighted by molar-refractivity contribution is -0.391. The van der Waals surface area contributed by atoms with Gasteiger partial charge in [-0.15, -0.1) is 0 Å². The summed E-state index contributed by atoms with van der Waals surface area (Å²) in [6.45, 7) is 9.28. The number of carbonyl (C=O) groups is 3. The van der Waals surface area contributed by atoms with E-state index in [0.29, 0.717) is 16.9 Å². The number of carbonyl (C=O) groups excluding carboxylic acids is 2. The summed E-state index contributed by atoms with van der Waals surface area (Å²) in [6, 6.07) is 6.57. The summed E-state index contributed by atoms with van der Waals surface area (Å²) in [5.74, 6) is -5.12. The topological polar surface area (TPSA) is 506 Å². The van der Waals surface area contributed by atoms with Gasteiger partial charge in [0.05, 0.1) is 63.4 Å². The minimum Gasteiger partial charge on any atom is -0.497 e. The third-order valence-electron chi connectivity index (χ3n) is 24.8. The lowest BCUT2D eigenvalue weighted by Crippen LogP contribution is -2.71. The number of rotatable bonds is 18. The molecule has 101 heavy (non-hydrogen) atoms. The van der Waals surface area contributed by atoms with Crippen LogP contribution in [0.25, 0.3) is 6.08 Å². The van der Waals surface area contributed by atoms with Crippen LogP contribution in [0, 0.1) is 50.2 Å². The van der Waals surface area contributed by atoms with Crippen molar-refractivity contribution in [2.45, 2.75) is 266 Å². The van der Waals surface area contributed by atoms with Crippen LogP contribution in [-0.2, 0) is 66.5 Å². The summed E-state index contributed by atoms with van der Waals surface area (Å²) in [6.07, 6.45) is -43.0. The molecule has 5 saturated heterocycles. The zero-order valence-corrected chi connectivity index (χ0v) is 57.6. The first-order chi connectivity index (χ1) is 47.5. The fraction of sp³-hybridized carbons (Fsp3) is 0.812. The van der Waals surface area contributed by atoms with E-state index in [9.17, 15) is 96.4 Å². The molecule has 35 atom stereocenters. The van der Waals surface area contributed by atoms with Crippen LogP contribution >= 0.6 is 0 Å². The van der Waals surface area contributed by atoms with Gasteiger partial charge in [0.15, 0.2) is 37.4 Å². The standard InChI is InChI=1S/C69H102O32/c1-28-52(97-57-48(83)42(77)35(74)26-91-57)47(82)51(86)58(92-28)99-55-54(98-59-49(84)45(80)43(78)36(24-70)94-59)53(96-41(76)16-11-30-9-12-31(90-8)13-10-30)29(2)93-61(55)101-63(89)69-20-19-68(27-72)32(33(69)21-64(3,4)23-40(69)75)14-15-38-65(5)22-34(73)56(67(7,62(87)88)39(65)17-18-66(38,68)6)100-60-50(85)46(81)44(79)37(25-71)95-60/h9-14,16,28-29,33-40,42-61,70-75,77-86H,15,17-27H2,1-8H3,(H,87,88)/b16-11-/t28-,29+,33-,34-,35+,36+,37+,38+,39+,40+,42-,43+,44+,45-,46-,47-,48+,49+,50+,51+,52-,53-,54-,55+,56-,57-,58-,59-,60-,61-,65+,66+,67-,68-,69-/m0/s1. The van der Waals surface area contributed by atoms with Crippen molar-refractivity contribution in [2.75, 3.05) is 33.5 Å². The molecule has 570 valence electrons. The molecule has 5 aliphatic heterocycles. The highest BCUT2D eigenvalue weighted by Gasteiger charge is 2.75. The van der Waals surface area contributed by atoms with Crippen molar-refractivity contribution in [1.29, 1.82) is 0 Å². The molecule has 1 aromatic rings. The average molecular weight is 1440 g/mol. The number of aliphatic carboxylic acids is 1. The molecule has 11 rings (SSSR count). The summed E-state index contributed by atoms with van der Waals surface area (Å²) < 4.78 is 72.9. The van der Waals surface area contributed by atoms with E-state index in [1.54, 1.807) is 24.3 Å². The molecule has 5 aliphatic carbocycles. The van der Waals surface area contributed by atoms with Crippen molar-refractivity contribution in [2.24, 2.45) is 50.2 Å². The van der Waals surface area contributed by atoms with Crippen LogP contribution < -0.4 is 4.74 Å². The van der Waals surface area contributed by atoms with E-state index in [-0.39, 0.29) is 51.4 Å². The van der Waals surface area contributed by atoms with Crippen LogP contribution in [0.15, 0.2) is 42.0 Å². The Balaban J connectivity index is 0.952.